The molecule has 0 bridgehead atoms. The largest absolute Gasteiger partial charge is 0.393 e. The van der Waals surface area contributed by atoms with Gasteiger partial charge < -0.3 is 15.3 Å². The number of carbonyl (C=O) groups excluding carboxylic acids is 1. The summed E-state index contributed by atoms with van der Waals surface area (Å²) in [5, 5.41) is 14.1. The number of carbonyl (C=O) groups is 1. The molecule has 1 aromatic carbocycles. The molecule has 1 unspecified atom stereocenters. The first-order chi connectivity index (χ1) is 13.6. The Kier molecular flexibility index (Phi) is 5.90. The number of piperazine rings is 1. The van der Waals surface area contributed by atoms with Gasteiger partial charge in [-0.15, -0.1) is 0 Å². The fourth-order valence-corrected chi connectivity index (χ4v) is 4.32. The highest BCUT2D eigenvalue weighted by Gasteiger charge is 2.36. The van der Waals surface area contributed by atoms with Crippen LogP contribution in [0.2, 0.25) is 0 Å². The van der Waals surface area contributed by atoms with Gasteiger partial charge in [-0.25, -0.2) is 0 Å². The van der Waals surface area contributed by atoms with Crippen LogP contribution < -0.4 is 5.32 Å². The molecule has 150 valence electrons. The SMILES string of the molecule is CCN1CCN(CC(=O)NC(c2cnc3ccccc3c2)C2CC(O)C2)CC1. The summed E-state index contributed by atoms with van der Waals surface area (Å²) in [5.74, 6) is 0.323. The van der Waals surface area contributed by atoms with Crippen LogP contribution in [0, 0.1) is 5.92 Å². The van der Waals surface area contributed by atoms with E-state index in [-0.39, 0.29) is 24.0 Å². The molecule has 2 heterocycles. The zero-order valence-electron chi connectivity index (χ0n) is 16.6. The zero-order valence-corrected chi connectivity index (χ0v) is 16.6. The first-order valence-electron chi connectivity index (χ1n) is 10.4. The number of aromatic nitrogens is 1. The number of benzene rings is 1. The van der Waals surface area contributed by atoms with Gasteiger partial charge in [0.05, 0.1) is 24.2 Å². The third-order valence-electron chi connectivity index (χ3n) is 6.19. The molecule has 2 aliphatic rings. The Morgan fingerprint density at radius 1 is 1.21 bits per heavy atom. The van der Waals surface area contributed by atoms with E-state index in [4.69, 9.17) is 0 Å². The molecule has 0 radical (unpaired) electrons. The summed E-state index contributed by atoms with van der Waals surface area (Å²) in [6, 6.07) is 10.1. The Balaban J connectivity index is 1.44. The molecule has 2 N–H and O–H groups in total. The molecule has 1 saturated carbocycles. The van der Waals surface area contributed by atoms with Crippen molar-refractivity contribution in [2.45, 2.75) is 31.9 Å². The quantitative estimate of drug-likeness (QED) is 0.797. The smallest absolute Gasteiger partial charge is 0.234 e. The van der Waals surface area contributed by atoms with Crippen molar-refractivity contribution in [3.8, 4) is 0 Å². The summed E-state index contributed by atoms with van der Waals surface area (Å²) in [4.78, 5) is 22.0. The second kappa shape index (κ2) is 8.55. The monoisotopic (exact) mass is 382 g/mol. The summed E-state index contributed by atoms with van der Waals surface area (Å²) >= 11 is 0. The fourth-order valence-electron chi connectivity index (χ4n) is 4.32. The minimum atomic E-state index is -0.250. The van der Waals surface area contributed by atoms with E-state index in [1.54, 1.807) is 0 Å². The van der Waals surface area contributed by atoms with Crippen molar-refractivity contribution >= 4 is 16.8 Å². The van der Waals surface area contributed by atoms with Gasteiger partial charge in [0, 0.05) is 37.8 Å². The third kappa shape index (κ3) is 4.35. The maximum absolute atomic E-state index is 12.8. The maximum Gasteiger partial charge on any atom is 0.234 e. The molecule has 6 nitrogen and oxygen atoms in total. The van der Waals surface area contributed by atoms with Crippen LogP contribution in [0.3, 0.4) is 0 Å². The van der Waals surface area contributed by atoms with E-state index in [0.29, 0.717) is 6.54 Å². The maximum atomic E-state index is 12.8. The van der Waals surface area contributed by atoms with Crippen LogP contribution in [0.15, 0.2) is 36.5 Å². The molecule has 2 aromatic rings. The van der Waals surface area contributed by atoms with Crippen molar-refractivity contribution in [3.05, 3.63) is 42.1 Å². The highest BCUT2D eigenvalue weighted by Crippen LogP contribution is 2.38. The van der Waals surface area contributed by atoms with Crippen LogP contribution in [0.5, 0.6) is 0 Å². The summed E-state index contributed by atoms with van der Waals surface area (Å²) < 4.78 is 0. The predicted molar refractivity (Wildman–Crippen MR) is 110 cm³/mol. The van der Waals surface area contributed by atoms with E-state index in [2.05, 4.69) is 33.1 Å². The van der Waals surface area contributed by atoms with Crippen molar-refractivity contribution in [2.24, 2.45) is 5.92 Å². The first-order valence-corrected chi connectivity index (χ1v) is 10.4. The number of para-hydroxylation sites is 1. The van der Waals surface area contributed by atoms with Crippen LogP contribution in [0.1, 0.15) is 31.4 Å². The third-order valence-corrected chi connectivity index (χ3v) is 6.19. The lowest BCUT2D eigenvalue weighted by molar-refractivity contribution is -0.124. The van der Waals surface area contributed by atoms with Crippen molar-refractivity contribution in [3.63, 3.8) is 0 Å². The van der Waals surface area contributed by atoms with E-state index in [9.17, 15) is 9.90 Å². The minimum Gasteiger partial charge on any atom is -0.393 e. The average molecular weight is 383 g/mol. The summed E-state index contributed by atoms with van der Waals surface area (Å²) in [5.41, 5.74) is 1.98. The molecule has 1 saturated heterocycles. The average Bonchev–Trinajstić information content (AvgIpc) is 2.70. The molecule has 1 atom stereocenters. The van der Waals surface area contributed by atoms with Gasteiger partial charge in [0.25, 0.3) is 0 Å². The number of nitrogens with zero attached hydrogens (tertiary/aromatic N) is 3. The van der Waals surface area contributed by atoms with Gasteiger partial charge in [0.1, 0.15) is 0 Å². The van der Waals surface area contributed by atoms with Gasteiger partial charge >= 0.3 is 0 Å². The predicted octanol–water partition coefficient (Wildman–Crippen LogP) is 1.80. The zero-order chi connectivity index (χ0) is 19.5. The van der Waals surface area contributed by atoms with Crippen molar-refractivity contribution < 1.29 is 9.90 Å². The molecule has 4 rings (SSSR count). The second-order valence-electron chi connectivity index (χ2n) is 8.10. The van der Waals surface area contributed by atoms with Gasteiger partial charge in [0.2, 0.25) is 5.91 Å². The van der Waals surface area contributed by atoms with E-state index in [1.165, 1.54) is 0 Å². The van der Waals surface area contributed by atoms with E-state index in [1.807, 2.05) is 30.5 Å². The van der Waals surface area contributed by atoms with Gasteiger partial charge in [-0.1, -0.05) is 25.1 Å². The molecular weight excluding hydrogens is 352 g/mol. The summed E-state index contributed by atoms with van der Waals surface area (Å²) in [6.07, 6.45) is 3.08. The van der Waals surface area contributed by atoms with Crippen LogP contribution in [-0.4, -0.2) is 71.2 Å². The van der Waals surface area contributed by atoms with E-state index in [0.717, 1.165) is 62.0 Å². The minimum absolute atomic E-state index is 0.0597. The molecule has 1 amide bonds. The van der Waals surface area contributed by atoms with Crippen LogP contribution in [-0.2, 0) is 4.79 Å². The summed E-state index contributed by atoms with van der Waals surface area (Å²) in [6.45, 7) is 7.60. The van der Waals surface area contributed by atoms with E-state index < -0.39 is 0 Å². The summed E-state index contributed by atoms with van der Waals surface area (Å²) in [7, 11) is 0. The number of hydrogen-bond donors (Lipinski definition) is 2. The number of rotatable bonds is 6. The molecule has 0 spiro atoms. The van der Waals surface area contributed by atoms with Crippen LogP contribution in [0.4, 0.5) is 0 Å². The van der Waals surface area contributed by atoms with Crippen molar-refractivity contribution in [1.29, 1.82) is 0 Å². The van der Waals surface area contributed by atoms with E-state index >= 15 is 0 Å². The number of aliphatic hydroxyl groups is 1. The van der Waals surface area contributed by atoms with Crippen molar-refractivity contribution in [1.82, 2.24) is 20.1 Å². The number of fused-ring (bicyclic) bond motifs is 1. The van der Waals surface area contributed by atoms with Crippen molar-refractivity contribution in [2.75, 3.05) is 39.3 Å². The highest BCUT2D eigenvalue weighted by molar-refractivity contribution is 5.80. The molecule has 2 fully saturated rings. The lowest BCUT2D eigenvalue weighted by Crippen LogP contribution is -2.50. The number of aliphatic hydroxyl groups excluding tert-OH is 1. The Morgan fingerprint density at radius 2 is 1.93 bits per heavy atom. The molecule has 1 aromatic heterocycles. The molecule has 6 heteroatoms. The Morgan fingerprint density at radius 3 is 2.64 bits per heavy atom. The lowest BCUT2D eigenvalue weighted by atomic mass is 9.75. The first kappa shape index (κ1) is 19.3. The van der Waals surface area contributed by atoms with Gasteiger partial charge in [0.15, 0.2) is 0 Å². The van der Waals surface area contributed by atoms with Crippen LogP contribution in [0.25, 0.3) is 10.9 Å². The topological polar surface area (TPSA) is 68.7 Å². The number of likely N-dealkylation sites (N-methyl/N-ethyl adjacent to an activating group) is 1. The molecule has 1 aliphatic heterocycles. The standard InChI is InChI=1S/C22H30N4O2/c1-2-25-7-9-26(10-8-25)15-21(28)24-22(17-12-19(27)13-17)18-11-16-5-3-4-6-20(16)23-14-18/h3-6,11,14,17,19,22,27H,2,7-10,12-13,15H2,1H3,(H,24,28). The lowest BCUT2D eigenvalue weighted by Gasteiger charge is -2.39. The number of amides is 1. The molecular formula is C22H30N4O2. The number of nitrogens with one attached hydrogen (secondary N) is 1. The van der Waals surface area contributed by atoms with Gasteiger partial charge in [-0.3, -0.25) is 14.7 Å². The van der Waals surface area contributed by atoms with Gasteiger partial charge in [-0.05, 0) is 43.0 Å². The van der Waals surface area contributed by atoms with Gasteiger partial charge in [-0.2, -0.15) is 0 Å². The molecule has 1 aliphatic carbocycles. The Bertz CT molecular complexity index is 813. The Labute approximate surface area is 166 Å². The fraction of sp³-hybridized carbons (Fsp3) is 0.545. The second-order valence-corrected chi connectivity index (χ2v) is 8.10. The Hall–Kier alpha value is -2.02. The highest BCUT2D eigenvalue weighted by atomic mass is 16.3. The molecule has 28 heavy (non-hydrogen) atoms. The number of pyridine rings is 1. The van der Waals surface area contributed by atoms with Crippen LogP contribution >= 0.6 is 0 Å². The number of hydrogen-bond acceptors (Lipinski definition) is 5. The normalized spacial score (nSPS) is 24.6.